The van der Waals surface area contributed by atoms with Gasteiger partial charge in [0, 0.05) is 31.3 Å². The number of nitrogens with zero attached hydrogens (tertiary/aromatic N) is 3. The van der Waals surface area contributed by atoms with Gasteiger partial charge in [0.1, 0.15) is 0 Å². The Balaban J connectivity index is 1.85. The number of amides is 1. The normalized spacial score (nSPS) is 19.0. The van der Waals surface area contributed by atoms with Gasteiger partial charge in [0.05, 0.1) is 5.92 Å². The summed E-state index contributed by atoms with van der Waals surface area (Å²) in [6, 6.07) is 0. The number of aliphatic carboxylic acids is 1. The summed E-state index contributed by atoms with van der Waals surface area (Å²) in [5.41, 5.74) is -0.185. The average molecular weight is 295 g/mol. The maximum absolute atomic E-state index is 12.0. The summed E-state index contributed by atoms with van der Waals surface area (Å²) in [6.07, 6.45) is 1.17. The first-order chi connectivity index (χ1) is 9.77. The predicted molar refractivity (Wildman–Crippen MR) is 73.6 cm³/mol. The minimum atomic E-state index is -0.836. The third-order valence-electron chi connectivity index (χ3n) is 3.58. The van der Waals surface area contributed by atoms with E-state index in [0.717, 1.165) is 0 Å². The highest BCUT2D eigenvalue weighted by Gasteiger charge is 2.30. The second kappa shape index (κ2) is 5.83. The molecule has 1 atom stereocenters. The van der Waals surface area contributed by atoms with Crippen LogP contribution in [-0.4, -0.2) is 45.1 Å². The minimum absolute atomic E-state index is 0.0609. The lowest BCUT2D eigenvalue weighted by atomic mass is 9.96. The molecule has 21 heavy (non-hydrogen) atoms. The largest absolute Gasteiger partial charge is 0.481 e. The van der Waals surface area contributed by atoms with E-state index < -0.39 is 11.9 Å². The van der Waals surface area contributed by atoms with Gasteiger partial charge in [-0.3, -0.25) is 9.59 Å². The van der Waals surface area contributed by atoms with Crippen molar-refractivity contribution in [1.29, 1.82) is 0 Å². The minimum Gasteiger partial charge on any atom is -0.481 e. The van der Waals surface area contributed by atoms with Crippen molar-refractivity contribution < 1.29 is 19.2 Å². The van der Waals surface area contributed by atoms with Crippen LogP contribution in [0.1, 0.15) is 45.3 Å². The van der Waals surface area contributed by atoms with E-state index in [2.05, 4.69) is 10.1 Å². The van der Waals surface area contributed by atoms with Crippen LogP contribution in [0, 0.1) is 5.92 Å². The molecule has 1 unspecified atom stereocenters. The summed E-state index contributed by atoms with van der Waals surface area (Å²) >= 11 is 0. The molecule has 1 N–H and O–H groups in total. The molecule has 0 radical (unpaired) electrons. The van der Waals surface area contributed by atoms with Crippen LogP contribution in [0.4, 0.5) is 0 Å². The topological polar surface area (TPSA) is 96.5 Å². The molecule has 7 nitrogen and oxygen atoms in total. The first-order valence-corrected chi connectivity index (χ1v) is 7.11. The van der Waals surface area contributed by atoms with Gasteiger partial charge in [-0.2, -0.15) is 4.98 Å². The number of hydrogen-bond donors (Lipinski definition) is 1. The van der Waals surface area contributed by atoms with Gasteiger partial charge < -0.3 is 14.5 Å². The number of carboxylic acids is 1. The molecule has 0 spiro atoms. The zero-order valence-corrected chi connectivity index (χ0v) is 12.6. The summed E-state index contributed by atoms with van der Waals surface area (Å²) in [6.45, 7) is 6.77. The zero-order valence-electron chi connectivity index (χ0n) is 12.6. The van der Waals surface area contributed by atoms with E-state index in [-0.39, 0.29) is 17.7 Å². The average Bonchev–Trinajstić information content (AvgIpc) is 3.04. The van der Waals surface area contributed by atoms with Crippen molar-refractivity contribution in [3.63, 3.8) is 0 Å². The van der Waals surface area contributed by atoms with Gasteiger partial charge in [-0.1, -0.05) is 25.9 Å². The molecule has 2 heterocycles. The molecule has 1 saturated heterocycles. The fourth-order valence-electron chi connectivity index (χ4n) is 2.22. The number of carbonyl (C=O) groups is 2. The van der Waals surface area contributed by atoms with Gasteiger partial charge in [-0.25, -0.2) is 0 Å². The molecule has 116 valence electrons. The van der Waals surface area contributed by atoms with Crippen LogP contribution in [0.25, 0.3) is 0 Å². The van der Waals surface area contributed by atoms with E-state index in [9.17, 15) is 9.59 Å². The third-order valence-corrected chi connectivity index (χ3v) is 3.58. The van der Waals surface area contributed by atoms with Crippen LogP contribution in [0.3, 0.4) is 0 Å². The van der Waals surface area contributed by atoms with Crippen LogP contribution in [0.2, 0.25) is 0 Å². The Morgan fingerprint density at radius 3 is 2.67 bits per heavy atom. The first kappa shape index (κ1) is 15.5. The van der Waals surface area contributed by atoms with Crippen LogP contribution < -0.4 is 0 Å². The van der Waals surface area contributed by atoms with Gasteiger partial charge in [0.15, 0.2) is 5.82 Å². The second-order valence-corrected chi connectivity index (χ2v) is 6.43. The molecule has 2 rings (SSSR count). The molecule has 1 amide bonds. The zero-order chi connectivity index (χ0) is 15.6. The second-order valence-electron chi connectivity index (χ2n) is 6.43. The van der Waals surface area contributed by atoms with Crippen molar-refractivity contribution in [1.82, 2.24) is 15.0 Å². The fraction of sp³-hybridized carbons (Fsp3) is 0.714. The standard InChI is InChI=1S/C14H21N3O4/c1-14(2,3)13-15-10(21-16-13)4-5-11(18)17-7-6-9(8-17)12(19)20/h9H,4-8H2,1-3H3,(H,19,20). The van der Waals surface area contributed by atoms with Gasteiger partial charge in [-0.05, 0) is 6.42 Å². The monoisotopic (exact) mass is 295 g/mol. The molecule has 1 aromatic rings. The van der Waals surface area contributed by atoms with Gasteiger partial charge in [0.2, 0.25) is 11.8 Å². The molecule has 1 aliphatic rings. The Morgan fingerprint density at radius 1 is 1.43 bits per heavy atom. The van der Waals surface area contributed by atoms with E-state index in [1.54, 1.807) is 4.90 Å². The fourth-order valence-corrected chi connectivity index (χ4v) is 2.22. The summed E-state index contributed by atoms with van der Waals surface area (Å²) in [7, 11) is 0. The summed E-state index contributed by atoms with van der Waals surface area (Å²) in [4.78, 5) is 28.8. The number of carbonyl (C=O) groups excluding carboxylic acids is 1. The third kappa shape index (κ3) is 3.80. The number of aryl methyl sites for hydroxylation is 1. The molecule has 1 fully saturated rings. The molecule has 1 aliphatic heterocycles. The number of hydrogen-bond acceptors (Lipinski definition) is 5. The van der Waals surface area contributed by atoms with Gasteiger partial charge in [0.25, 0.3) is 0 Å². The predicted octanol–water partition coefficient (Wildman–Crippen LogP) is 1.23. The summed E-state index contributed by atoms with van der Waals surface area (Å²) in [5, 5.41) is 12.8. The lowest BCUT2D eigenvalue weighted by molar-refractivity contribution is -0.141. The van der Waals surface area contributed by atoms with Crippen LogP contribution in [0.15, 0.2) is 4.52 Å². The van der Waals surface area contributed by atoms with Gasteiger partial charge in [-0.15, -0.1) is 0 Å². The van der Waals surface area contributed by atoms with E-state index in [1.165, 1.54) is 0 Å². The molecule has 0 saturated carbocycles. The smallest absolute Gasteiger partial charge is 0.308 e. The van der Waals surface area contributed by atoms with Crippen LogP contribution in [0.5, 0.6) is 0 Å². The molecule has 0 bridgehead atoms. The van der Waals surface area contributed by atoms with E-state index >= 15 is 0 Å². The van der Waals surface area contributed by atoms with Crippen molar-refractivity contribution in [2.75, 3.05) is 13.1 Å². The lowest BCUT2D eigenvalue weighted by Gasteiger charge is -2.14. The quantitative estimate of drug-likeness (QED) is 0.897. The molecular formula is C14H21N3O4. The van der Waals surface area contributed by atoms with Gasteiger partial charge >= 0.3 is 5.97 Å². The highest BCUT2D eigenvalue weighted by atomic mass is 16.5. The van der Waals surface area contributed by atoms with E-state index in [4.69, 9.17) is 9.63 Å². The van der Waals surface area contributed by atoms with E-state index in [1.807, 2.05) is 20.8 Å². The summed E-state index contributed by atoms with van der Waals surface area (Å²) in [5.74, 6) is -0.268. The lowest BCUT2D eigenvalue weighted by Crippen LogP contribution is -2.30. The number of aromatic nitrogens is 2. The van der Waals surface area contributed by atoms with Crippen molar-refractivity contribution in [2.24, 2.45) is 5.92 Å². The Labute approximate surface area is 123 Å². The molecule has 0 aromatic carbocycles. The number of carboxylic acid groups (broad SMARTS) is 1. The van der Waals surface area contributed by atoms with Crippen molar-refractivity contribution in [3.05, 3.63) is 11.7 Å². The highest BCUT2D eigenvalue weighted by molar-refractivity contribution is 5.78. The Bertz CT molecular complexity index is 533. The van der Waals surface area contributed by atoms with Crippen molar-refractivity contribution in [2.45, 2.75) is 45.4 Å². The van der Waals surface area contributed by atoms with Crippen molar-refractivity contribution >= 4 is 11.9 Å². The maximum atomic E-state index is 12.0. The first-order valence-electron chi connectivity index (χ1n) is 7.11. The molecule has 7 heteroatoms. The number of rotatable bonds is 4. The highest BCUT2D eigenvalue weighted by Crippen LogP contribution is 2.20. The number of likely N-dealkylation sites (tertiary alicyclic amines) is 1. The van der Waals surface area contributed by atoms with Crippen molar-refractivity contribution in [3.8, 4) is 0 Å². The van der Waals surface area contributed by atoms with Crippen LogP contribution >= 0.6 is 0 Å². The Morgan fingerprint density at radius 2 is 2.14 bits per heavy atom. The Hall–Kier alpha value is -1.92. The molecule has 0 aliphatic carbocycles. The maximum Gasteiger partial charge on any atom is 0.308 e. The Kier molecular flexibility index (Phi) is 4.29. The SMILES string of the molecule is CC(C)(C)c1noc(CCC(=O)N2CCC(C(=O)O)C2)n1. The summed E-state index contributed by atoms with van der Waals surface area (Å²) < 4.78 is 5.14. The van der Waals surface area contributed by atoms with Crippen LogP contribution in [-0.2, 0) is 21.4 Å². The van der Waals surface area contributed by atoms with E-state index in [0.29, 0.717) is 37.6 Å². The molecule has 1 aromatic heterocycles. The molecular weight excluding hydrogens is 274 g/mol.